The molecule has 1 aliphatic carbocycles. The van der Waals surface area contributed by atoms with Crippen molar-refractivity contribution in [2.45, 2.75) is 45.2 Å². The number of benzene rings is 2. The normalized spacial score (nSPS) is 16.5. The van der Waals surface area contributed by atoms with E-state index in [9.17, 15) is 9.18 Å². The molecule has 2 amide bonds. The van der Waals surface area contributed by atoms with Crippen molar-refractivity contribution in [3.63, 3.8) is 0 Å². The summed E-state index contributed by atoms with van der Waals surface area (Å²) in [5.74, 6) is 0.448. The fraction of sp³-hybridized carbons (Fsp3) is 0.276. The zero-order valence-corrected chi connectivity index (χ0v) is 21.0. The van der Waals surface area contributed by atoms with Gasteiger partial charge in [-0.15, -0.1) is 11.3 Å². The first-order valence-corrected chi connectivity index (χ1v) is 13.3. The quantitative estimate of drug-likeness (QED) is 0.324. The minimum atomic E-state index is -0.333. The summed E-state index contributed by atoms with van der Waals surface area (Å²) >= 11 is 1.86. The van der Waals surface area contributed by atoms with Gasteiger partial charge in [-0.3, -0.25) is 0 Å². The van der Waals surface area contributed by atoms with Gasteiger partial charge in [-0.1, -0.05) is 12.1 Å². The molecule has 36 heavy (non-hydrogen) atoms. The third-order valence-corrected chi connectivity index (χ3v) is 8.35. The molecule has 7 heteroatoms. The summed E-state index contributed by atoms with van der Waals surface area (Å²) in [5.41, 5.74) is 5.24. The van der Waals surface area contributed by atoms with Gasteiger partial charge in [0.25, 0.3) is 0 Å². The van der Waals surface area contributed by atoms with Crippen LogP contribution in [0.15, 0.2) is 66.9 Å². The van der Waals surface area contributed by atoms with Crippen LogP contribution in [0.3, 0.4) is 0 Å². The highest BCUT2D eigenvalue weighted by Gasteiger charge is 2.36. The van der Waals surface area contributed by atoms with Crippen molar-refractivity contribution in [1.29, 1.82) is 0 Å². The highest BCUT2D eigenvalue weighted by molar-refractivity contribution is 7.15. The number of ether oxygens (including phenoxy) is 1. The predicted molar refractivity (Wildman–Crippen MR) is 141 cm³/mol. The largest absolute Gasteiger partial charge is 0.494 e. The first-order chi connectivity index (χ1) is 17.6. The summed E-state index contributed by atoms with van der Waals surface area (Å²) in [5, 5.41) is 4.23. The Hall–Kier alpha value is -3.58. The van der Waals surface area contributed by atoms with Gasteiger partial charge in [0.1, 0.15) is 16.6 Å². The summed E-state index contributed by atoms with van der Waals surface area (Å²) in [6.07, 6.45) is 6.65. The fourth-order valence-corrected chi connectivity index (χ4v) is 6.81. The number of amides is 2. The number of urea groups is 1. The Morgan fingerprint density at radius 2 is 1.92 bits per heavy atom. The van der Waals surface area contributed by atoms with E-state index < -0.39 is 0 Å². The molecule has 0 spiro atoms. The van der Waals surface area contributed by atoms with Crippen molar-refractivity contribution in [2.24, 2.45) is 0 Å². The van der Waals surface area contributed by atoms with Crippen LogP contribution in [-0.2, 0) is 19.4 Å². The van der Waals surface area contributed by atoms with E-state index in [-0.39, 0.29) is 17.9 Å². The van der Waals surface area contributed by atoms with Crippen LogP contribution in [0.4, 0.5) is 14.9 Å². The second-order valence-electron chi connectivity index (χ2n) is 9.27. The lowest BCUT2D eigenvalue weighted by atomic mass is 9.95. The topological polar surface area (TPSA) is 46.5 Å². The van der Waals surface area contributed by atoms with E-state index in [1.165, 1.54) is 46.0 Å². The molecule has 4 aromatic rings. The molecule has 2 aromatic carbocycles. The van der Waals surface area contributed by atoms with Crippen molar-refractivity contribution >= 4 is 23.1 Å². The predicted octanol–water partition coefficient (Wildman–Crippen LogP) is 7.09. The molecule has 0 bridgehead atoms. The van der Waals surface area contributed by atoms with Crippen molar-refractivity contribution < 1.29 is 13.9 Å². The van der Waals surface area contributed by atoms with Gasteiger partial charge in [-0.2, -0.15) is 0 Å². The van der Waals surface area contributed by atoms with Crippen LogP contribution in [0.1, 0.15) is 53.1 Å². The molecular formula is C29H28FN3O2S. The molecule has 1 atom stereocenters. The maximum Gasteiger partial charge on any atom is 0.322 e. The van der Waals surface area contributed by atoms with Crippen molar-refractivity contribution in [3.05, 3.63) is 99.9 Å². The van der Waals surface area contributed by atoms with Gasteiger partial charge in [0.05, 0.1) is 24.9 Å². The number of rotatable bonds is 4. The Bertz CT molecular complexity index is 1410. The zero-order valence-electron chi connectivity index (χ0n) is 20.2. The molecule has 1 aliphatic heterocycles. The number of hydrogen-bond donors (Lipinski definition) is 1. The highest BCUT2D eigenvalue weighted by atomic mass is 32.1. The van der Waals surface area contributed by atoms with Crippen molar-refractivity contribution in [1.82, 2.24) is 9.47 Å². The maximum absolute atomic E-state index is 13.9. The SMILES string of the molecule is CCOc1cccc([C@H]2c3cccn3-c3sc4c(c3CN2C(=O)Nc2ccc(F)cc2)CCCC4)c1. The summed E-state index contributed by atoms with van der Waals surface area (Å²) in [6, 6.07) is 17.5. The number of halogens is 1. The van der Waals surface area contributed by atoms with Crippen LogP contribution in [0.5, 0.6) is 5.75 Å². The van der Waals surface area contributed by atoms with Crippen LogP contribution < -0.4 is 10.1 Å². The lowest BCUT2D eigenvalue weighted by Crippen LogP contribution is -2.38. The van der Waals surface area contributed by atoms with Crippen LogP contribution >= 0.6 is 11.3 Å². The molecule has 0 saturated heterocycles. The fourth-order valence-electron chi connectivity index (χ4n) is 5.41. The molecular weight excluding hydrogens is 473 g/mol. The van der Waals surface area contributed by atoms with E-state index in [0.717, 1.165) is 29.8 Å². The second kappa shape index (κ2) is 9.47. The van der Waals surface area contributed by atoms with Crippen LogP contribution in [0.2, 0.25) is 0 Å². The Morgan fingerprint density at radius 1 is 1.08 bits per heavy atom. The molecule has 6 rings (SSSR count). The number of hydrogen-bond acceptors (Lipinski definition) is 3. The third kappa shape index (κ3) is 4.07. The first kappa shape index (κ1) is 22.9. The summed E-state index contributed by atoms with van der Waals surface area (Å²) < 4.78 is 21.6. The molecule has 2 aliphatic rings. The molecule has 5 nitrogen and oxygen atoms in total. The van der Waals surface area contributed by atoms with E-state index in [4.69, 9.17) is 4.74 Å². The Labute approximate surface area is 214 Å². The van der Waals surface area contributed by atoms with E-state index in [1.807, 2.05) is 41.4 Å². The Morgan fingerprint density at radius 3 is 2.75 bits per heavy atom. The summed E-state index contributed by atoms with van der Waals surface area (Å²) in [6.45, 7) is 3.04. The Balaban J connectivity index is 1.48. The molecule has 0 radical (unpaired) electrons. The van der Waals surface area contributed by atoms with Crippen LogP contribution in [-0.4, -0.2) is 22.1 Å². The number of nitrogens with one attached hydrogen (secondary N) is 1. The van der Waals surface area contributed by atoms with Crippen LogP contribution in [0, 0.1) is 5.82 Å². The zero-order chi connectivity index (χ0) is 24.6. The summed E-state index contributed by atoms with van der Waals surface area (Å²) in [7, 11) is 0. The van der Waals surface area contributed by atoms with Gasteiger partial charge in [0.2, 0.25) is 0 Å². The molecule has 2 aromatic heterocycles. The highest BCUT2D eigenvalue weighted by Crippen LogP contribution is 2.44. The molecule has 0 saturated carbocycles. The van der Waals surface area contributed by atoms with Crippen LogP contribution in [0.25, 0.3) is 5.00 Å². The number of anilines is 1. The average Bonchev–Trinajstić information content (AvgIpc) is 3.47. The number of carbonyl (C=O) groups is 1. The summed E-state index contributed by atoms with van der Waals surface area (Å²) in [4.78, 5) is 17.3. The number of nitrogens with zero attached hydrogens (tertiary/aromatic N) is 2. The van der Waals surface area contributed by atoms with Gasteiger partial charge in [-0.05, 0) is 92.3 Å². The van der Waals surface area contributed by atoms with Gasteiger partial charge in [-0.25, -0.2) is 9.18 Å². The van der Waals surface area contributed by atoms with Gasteiger partial charge in [0.15, 0.2) is 0 Å². The van der Waals surface area contributed by atoms with Crippen molar-refractivity contribution in [2.75, 3.05) is 11.9 Å². The average molecular weight is 502 g/mol. The van der Waals surface area contributed by atoms with E-state index in [2.05, 4.69) is 34.3 Å². The number of carbonyl (C=O) groups excluding carboxylic acids is 1. The lowest BCUT2D eigenvalue weighted by Gasteiger charge is -2.31. The van der Waals surface area contributed by atoms with Gasteiger partial charge < -0.3 is 19.5 Å². The second-order valence-corrected chi connectivity index (χ2v) is 10.4. The van der Waals surface area contributed by atoms with E-state index in [1.54, 1.807) is 12.1 Å². The molecule has 0 unspecified atom stereocenters. The van der Waals surface area contributed by atoms with Crippen molar-refractivity contribution in [3.8, 4) is 10.8 Å². The molecule has 0 fully saturated rings. The molecule has 3 heterocycles. The number of fused-ring (bicyclic) bond motifs is 5. The number of aryl methyl sites for hydroxylation is 1. The third-order valence-electron chi connectivity index (χ3n) is 7.02. The lowest BCUT2D eigenvalue weighted by molar-refractivity contribution is 0.194. The van der Waals surface area contributed by atoms with Gasteiger partial charge in [0, 0.05) is 22.3 Å². The first-order valence-electron chi connectivity index (χ1n) is 12.5. The number of aromatic nitrogens is 1. The maximum atomic E-state index is 13.9. The minimum Gasteiger partial charge on any atom is -0.494 e. The van der Waals surface area contributed by atoms with E-state index >= 15 is 0 Å². The molecule has 184 valence electrons. The number of thiophene rings is 1. The minimum absolute atomic E-state index is 0.218. The molecule has 1 N–H and O–H groups in total. The van der Waals surface area contributed by atoms with E-state index in [0.29, 0.717) is 18.8 Å². The standard InChI is InChI=1S/C29H28FN3O2S/c1-2-35-22-8-5-7-19(17-22)27-25-10-6-16-32(25)28-24(23-9-3-4-11-26(23)36-28)18-33(27)29(34)31-21-14-12-20(30)13-15-21/h5-8,10,12-17,27H,2-4,9,11,18H2,1H3,(H,31,34)/t27-/m0/s1. The monoisotopic (exact) mass is 501 g/mol. The smallest absolute Gasteiger partial charge is 0.322 e. The van der Waals surface area contributed by atoms with Gasteiger partial charge >= 0.3 is 6.03 Å². The Kier molecular flexibility index (Phi) is 6.01.